The molecule has 0 aliphatic carbocycles. The zero-order valence-electron chi connectivity index (χ0n) is 6.86. The van der Waals surface area contributed by atoms with Crippen LogP contribution in [0.3, 0.4) is 0 Å². The third-order valence-electron chi connectivity index (χ3n) is 1.43. The minimum absolute atomic E-state index is 0.109. The average Bonchev–Trinajstić information content (AvgIpc) is 2.16. The molecule has 1 aromatic rings. The molecule has 5 nitrogen and oxygen atoms in total. The summed E-state index contributed by atoms with van der Waals surface area (Å²) < 4.78 is 16.7. The van der Waals surface area contributed by atoms with Gasteiger partial charge in [-0.1, -0.05) is 0 Å². The molecule has 0 saturated heterocycles. The lowest BCUT2D eigenvalue weighted by Gasteiger charge is -2.00. The van der Waals surface area contributed by atoms with Gasteiger partial charge in [0.1, 0.15) is 6.67 Å². The topological polar surface area (TPSA) is 65.3 Å². The van der Waals surface area contributed by atoms with Crippen molar-refractivity contribution in [1.29, 1.82) is 0 Å². The summed E-state index contributed by atoms with van der Waals surface area (Å²) in [5, 5.41) is 10.4. The standard InChI is InChI=1S/C7H7FN2O3/c1-13-7-6(10(11)12)2-5(3-8)4-9-7/h2,4H,3H2,1H3. The van der Waals surface area contributed by atoms with Gasteiger partial charge in [0.05, 0.1) is 12.0 Å². The summed E-state index contributed by atoms with van der Waals surface area (Å²) in [6.45, 7) is -0.780. The average molecular weight is 186 g/mol. The van der Waals surface area contributed by atoms with Gasteiger partial charge in [-0.25, -0.2) is 9.37 Å². The number of hydrogen-bond acceptors (Lipinski definition) is 4. The Morgan fingerprint density at radius 3 is 2.92 bits per heavy atom. The number of hydrogen-bond donors (Lipinski definition) is 0. The fraction of sp³-hybridized carbons (Fsp3) is 0.286. The number of aromatic nitrogens is 1. The SMILES string of the molecule is COc1ncc(CF)cc1[N+](=O)[O-]. The van der Waals surface area contributed by atoms with Crippen molar-refractivity contribution in [3.8, 4) is 5.88 Å². The van der Waals surface area contributed by atoms with Crippen LogP contribution in [0.1, 0.15) is 5.56 Å². The van der Waals surface area contributed by atoms with Crippen molar-refractivity contribution < 1.29 is 14.1 Å². The van der Waals surface area contributed by atoms with Gasteiger partial charge < -0.3 is 4.74 Å². The summed E-state index contributed by atoms with van der Waals surface area (Å²) >= 11 is 0. The number of ether oxygens (including phenoxy) is 1. The van der Waals surface area contributed by atoms with Gasteiger partial charge in [0, 0.05) is 17.8 Å². The molecule has 0 aromatic carbocycles. The highest BCUT2D eigenvalue weighted by atomic mass is 19.1. The maximum absolute atomic E-state index is 12.1. The molecule has 0 unspecified atom stereocenters. The van der Waals surface area contributed by atoms with Gasteiger partial charge in [-0.2, -0.15) is 0 Å². The normalized spacial score (nSPS) is 9.69. The quantitative estimate of drug-likeness (QED) is 0.529. The Morgan fingerprint density at radius 1 is 1.77 bits per heavy atom. The number of methoxy groups -OCH3 is 1. The number of nitrogens with zero attached hydrogens (tertiary/aromatic N) is 2. The van der Waals surface area contributed by atoms with Gasteiger partial charge in [0.15, 0.2) is 0 Å². The van der Waals surface area contributed by atoms with Crippen molar-refractivity contribution in [2.24, 2.45) is 0 Å². The molecule has 70 valence electrons. The summed E-state index contributed by atoms with van der Waals surface area (Å²) in [7, 11) is 1.27. The summed E-state index contributed by atoms with van der Waals surface area (Å²) in [6, 6.07) is 1.10. The Labute approximate surface area is 73.3 Å². The number of pyridine rings is 1. The van der Waals surface area contributed by atoms with Crippen molar-refractivity contribution in [1.82, 2.24) is 4.98 Å². The van der Waals surface area contributed by atoms with Gasteiger partial charge in [0.25, 0.3) is 5.88 Å². The third kappa shape index (κ3) is 1.90. The summed E-state index contributed by atoms with van der Waals surface area (Å²) in [5.41, 5.74) is -0.162. The highest BCUT2D eigenvalue weighted by Crippen LogP contribution is 2.24. The van der Waals surface area contributed by atoms with Gasteiger partial charge >= 0.3 is 5.69 Å². The largest absolute Gasteiger partial charge is 0.476 e. The fourth-order valence-electron chi connectivity index (χ4n) is 0.843. The monoisotopic (exact) mass is 186 g/mol. The Balaban J connectivity index is 3.18. The predicted octanol–water partition coefficient (Wildman–Crippen LogP) is 1.47. The molecule has 1 rings (SSSR count). The van der Waals surface area contributed by atoms with Gasteiger partial charge in [-0.3, -0.25) is 10.1 Å². The Kier molecular flexibility index (Phi) is 2.73. The first-order valence-electron chi connectivity index (χ1n) is 3.42. The van der Waals surface area contributed by atoms with E-state index in [4.69, 9.17) is 0 Å². The second-order valence-electron chi connectivity index (χ2n) is 2.26. The second kappa shape index (κ2) is 3.79. The van der Waals surface area contributed by atoms with Crippen molar-refractivity contribution in [2.75, 3.05) is 7.11 Å². The first kappa shape index (κ1) is 9.37. The number of rotatable bonds is 3. The molecule has 0 aliphatic rings. The molecule has 13 heavy (non-hydrogen) atoms. The van der Waals surface area contributed by atoms with Crippen LogP contribution in [0.25, 0.3) is 0 Å². The van der Waals surface area contributed by atoms with E-state index in [-0.39, 0.29) is 17.1 Å². The van der Waals surface area contributed by atoms with Gasteiger partial charge in [0.2, 0.25) is 0 Å². The van der Waals surface area contributed by atoms with Gasteiger partial charge in [-0.15, -0.1) is 0 Å². The molecule has 1 aromatic heterocycles. The van der Waals surface area contributed by atoms with Crippen molar-refractivity contribution >= 4 is 5.69 Å². The molecule has 0 fully saturated rings. The number of alkyl halides is 1. The summed E-state index contributed by atoms with van der Waals surface area (Å²) in [6.07, 6.45) is 1.20. The molecule has 1 heterocycles. The molecule has 0 radical (unpaired) electrons. The second-order valence-corrected chi connectivity index (χ2v) is 2.26. The van der Waals surface area contributed by atoms with Crippen LogP contribution in [0.4, 0.5) is 10.1 Å². The van der Waals surface area contributed by atoms with Crippen LogP contribution in [0, 0.1) is 10.1 Å². The molecular weight excluding hydrogens is 179 g/mol. The molecule has 0 amide bonds. The number of nitro groups is 1. The van der Waals surface area contributed by atoms with Crippen LogP contribution in [0.15, 0.2) is 12.3 Å². The van der Waals surface area contributed by atoms with Crippen LogP contribution in [-0.2, 0) is 6.67 Å². The smallest absolute Gasteiger partial charge is 0.331 e. The molecule has 0 aliphatic heterocycles. The highest BCUT2D eigenvalue weighted by Gasteiger charge is 2.16. The lowest BCUT2D eigenvalue weighted by atomic mass is 10.3. The van der Waals surface area contributed by atoms with E-state index in [0.29, 0.717) is 0 Å². The molecule has 0 N–H and O–H groups in total. The van der Waals surface area contributed by atoms with Crippen LogP contribution in [0.5, 0.6) is 5.88 Å². The lowest BCUT2D eigenvalue weighted by Crippen LogP contribution is -1.97. The first-order chi connectivity index (χ1) is 6.19. The molecule has 0 bridgehead atoms. The van der Waals surface area contributed by atoms with Crippen molar-refractivity contribution in [3.05, 3.63) is 27.9 Å². The van der Waals surface area contributed by atoms with Crippen molar-refractivity contribution in [3.63, 3.8) is 0 Å². The minimum Gasteiger partial charge on any atom is -0.476 e. The maximum atomic E-state index is 12.1. The van der Waals surface area contributed by atoms with E-state index in [1.54, 1.807) is 0 Å². The summed E-state index contributed by atoms with van der Waals surface area (Å²) in [5.74, 6) is -0.109. The Morgan fingerprint density at radius 2 is 2.46 bits per heavy atom. The van der Waals surface area contributed by atoms with E-state index in [0.717, 1.165) is 6.07 Å². The van der Waals surface area contributed by atoms with Crippen LogP contribution < -0.4 is 4.74 Å². The summed E-state index contributed by atoms with van der Waals surface area (Å²) in [4.78, 5) is 13.3. The molecule has 0 spiro atoms. The van der Waals surface area contributed by atoms with Crippen molar-refractivity contribution in [2.45, 2.75) is 6.67 Å². The van der Waals surface area contributed by atoms with E-state index in [1.165, 1.54) is 13.3 Å². The van der Waals surface area contributed by atoms with Crippen LogP contribution in [-0.4, -0.2) is 17.0 Å². The van der Waals surface area contributed by atoms with Crippen LogP contribution in [0.2, 0.25) is 0 Å². The lowest BCUT2D eigenvalue weighted by molar-refractivity contribution is -0.386. The predicted molar refractivity (Wildman–Crippen MR) is 42.3 cm³/mol. The Bertz CT molecular complexity index is 330. The highest BCUT2D eigenvalue weighted by molar-refractivity contribution is 5.42. The molecule has 0 saturated carbocycles. The van der Waals surface area contributed by atoms with E-state index in [9.17, 15) is 14.5 Å². The maximum Gasteiger partial charge on any atom is 0.331 e. The van der Waals surface area contributed by atoms with E-state index < -0.39 is 11.6 Å². The van der Waals surface area contributed by atoms with E-state index in [2.05, 4.69) is 9.72 Å². The van der Waals surface area contributed by atoms with Gasteiger partial charge in [-0.05, 0) is 0 Å². The minimum atomic E-state index is -0.780. The van der Waals surface area contributed by atoms with E-state index in [1.807, 2.05) is 0 Å². The van der Waals surface area contributed by atoms with Crippen LogP contribution >= 0.6 is 0 Å². The zero-order chi connectivity index (χ0) is 9.84. The molecule has 6 heteroatoms. The third-order valence-corrected chi connectivity index (χ3v) is 1.43. The number of halogens is 1. The zero-order valence-corrected chi connectivity index (χ0v) is 6.86. The Hall–Kier alpha value is -1.72. The molecular formula is C7H7FN2O3. The first-order valence-corrected chi connectivity index (χ1v) is 3.42. The van der Waals surface area contributed by atoms with E-state index >= 15 is 0 Å². The fourth-order valence-corrected chi connectivity index (χ4v) is 0.843. The molecule has 0 atom stereocenters.